The van der Waals surface area contributed by atoms with Crippen LogP contribution < -0.4 is 5.32 Å². The Morgan fingerprint density at radius 2 is 1.97 bits per heavy atom. The average Bonchev–Trinajstić information content (AvgIpc) is 3.46. The summed E-state index contributed by atoms with van der Waals surface area (Å²) in [4.78, 5) is 21.6. The fourth-order valence-corrected chi connectivity index (χ4v) is 3.83. The van der Waals surface area contributed by atoms with Crippen molar-refractivity contribution in [1.29, 1.82) is 0 Å². The predicted octanol–water partition coefficient (Wildman–Crippen LogP) is 3.42. The molecule has 154 valence electrons. The van der Waals surface area contributed by atoms with Crippen LogP contribution in [0.2, 0.25) is 0 Å². The molecule has 3 aromatic rings. The van der Waals surface area contributed by atoms with E-state index >= 15 is 0 Å². The van der Waals surface area contributed by atoms with E-state index in [9.17, 15) is 4.79 Å². The maximum atomic E-state index is 12.4. The van der Waals surface area contributed by atoms with Crippen LogP contribution in [-0.4, -0.2) is 44.9 Å². The Morgan fingerprint density at radius 1 is 1.13 bits per heavy atom. The molecule has 1 N–H and O–H groups in total. The van der Waals surface area contributed by atoms with Gasteiger partial charge in [0.05, 0.1) is 18.1 Å². The fraction of sp³-hybridized carbons (Fsp3) is 0.391. The van der Waals surface area contributed by atoms with E-state index in [4.69, 9.17) is 9.72 Å². The molecular formula is C23H25N5O2. The predicted molar refractivity (Wildman–Crippen MR) is 113 cm³/mol. The first-order valence-electron chi connectivity index (χ1n) is 10.5. The fourth-order valence-electron chi connectivity index (χ4n) is 3.83. The van der Waals surface area contributed by atoms with Gasteiger partial charge in [0, 0.05) is 48.7 Å². The normalized spacial score (nSPS) is 17.1. The van der Waals surface area contributed by atoms with E-state index in [2.05, 4.69) is 15.4 Å². The highest BCUT2D eigenvalue weighted by Crippen LogP contribution is 2.27. The minimum atomic E-state index is -0.0128. The van der Waals surface area contributed by atoms with Gasteiger partial charge >= 0.3 is 0 Å². The van der Waals surface area contributed by atoms with Crippen LogP contribution in [0.1, 0.15) is 53.2 Å². The first-order chi connectivity index (χ1) is 14.7. The van der Waals surface area contributed by atoms with Gasteiger partial charge < -0.3 is 10.1 Å². The summed E-state index contributed by atoms with van der Waals surface area (Å²) in [6, 6.07) is 6.15. The summed E-state index contributed by atoms with van der Waals surface area (Å²) >= 11 is 0. The van der Waals surface area contributed by atoms with Gasteiger partial charge in [0.15, 0.2) is 5.82 Å². The Morgan fingerprint density at radius 3 is 2.77 bits per heavy atom. The lowest BCUT2D eigenvalue weighted by molar-refractivity contribution is 0.0844. The molecule has 1 amide bonds. The van der Waals surface area contributed by atoms with Crippen molar-refractivity contribution < 1.29 is 9.53 Å². The highest BCUT2D eigenvalue weighted by atomic mass is 16.5. The zero-order valence-electron chi connectivity index (χ0n) is 17.0. The number of ether oxygens (including phenoxy) is 1. The van der Waals surface area contributed by atoms with Gasteiger partial charge in [-0.25, -0.2) is 9.67 Å². The van der Waals surface area contributed by atoms with Crippen molar-refractivity contribution in [3.8, 4) is 16.9 Å². The molecule has 1 aliphatic heterocycles. The van der Waals surface area contributed by atoms with Crippen LogP contribution >= 0.6 is 0 Å². The summed E-state index contributed by atoms with van der Waals surface area (Å²) in [5.41, 5.74) is 4.71. The summed E-state index contributed by atoms with van der Waals surface area (Å²) in [5, 5.41) is 7.56. The number of amides is 1. The molecule has 7 heteroatoms. The molecule has 30 heavy (non-hydrogen) atoms. The average molecular weight is 403 g/mol. The van der Waals surface area contributed by atoms with Gasteiger partial charge in [-0.2, -0.15) is 5.10 Å². The maximum absolute atomic E-state index is 12.4. The number of benzene rings is 1. The Balaban J connectivity index is 1.41. The van der Waals surface area contributed by atoms with Crippen LogP contribution in [0.4, 0.5) is 0 Å². The molecule has 0 atom stereocenters. The third-order valence-electron chi connectivity index (χ3n) is 5.82. The lowest BCUT2D eigenvalue weighted by Crippen LogP contribution is -2.25. The van der Waals surface area contributed by atoms with Crippen molar-refractivity contribution in [2.24, 2.45) is 0 Å². The van der Waals surface area contributed by atoms with Crippen molar-refractivity contribution in [3.63, 3.8) is 0 Å². The number of nitrogens with one attached hydrogen (secondary N) is 1. The number of hydrogen-bond donors (Lipinski definition) is 1. The number of aryl methyl sites for hydroxylation is 1. The molecule has 0 radical (unpaired) electrons. The smallest absolute Gasteiger partial charge is 0.251 e. The zero-order valence-corrected chi connectivity index (χ0v) is 17.0. The van der Waals surface area contributed by atoms with Gasteiger partial charge in [0.2, 0.25) is 0 Å². The van der Waals surface area contributed by atoms with Gasteiger partial charge in [-0.1, -0.05) is 6.07 Å². The van der Waals surface area contributed by atoms with E-state index in [1.165, 1.54) is 0 Å². The lowest BCUT2D eigenvalue weighted by atomic mass is 9.97. The summed E-state index contributed by atoms with van der Waals surface area (Å²) in [7, 11) is 0. The number of rotatable bonds is 5. The van der Waals surface area contributed by atoms with Crippen LogP contribution in [0.5, 0.6) is 0 Å². The minimum absolute atomic E-state index is 0.0128. The first-order valence-corrected chi connectivity index (χ1v) is 10.5. The quantitative estimate of drug-likeness (QED) is 0.706. The Labute approximate surface area is 175 Å². The molecule has 1 aliphatic carbocycles. The molecule has 1 saturated heterocycles. The van der Waals surface area contributed by atoms with Crippen molar-refractivity contribution >= 4 is 5.91 Å². The molecule has 1 aromatic carbocycles. The van der Waals surface area contributed by atoms with Gasteiger partial charge in [-0.05, 0) is 55.9 Å². The van der Waals surface area contributed by atoms with Crippen molar-refractivity contribution in [3.05, 3.63) is 59.8 Å². The Hall–Kier alpha value is -3.06. The molecule has 1 saturated carbocycles. The van der Waals surface area contributed by atoms with Gasteiger partial charge in [0.1, 0.15) is 0 Å². The first kappa shape index (κ1) is 18.9. The summed E-state index contributed by atoms with van der Waals surface area (Å²) in [6.07, 6.45) is 11.4. The molecule has 0 spiro atoms. The second kappa shape index (κ2) is 7.99. The van der Waals surface area contributed by atoms with Gasteiger partial charge in [-0.3, -0.25) is 9.78 Å². The number of hydrogen-bond acceptors (Lipinski definition) is 5. The topological polar surface area (TPSA) is 81.9 Å². The van der Waals surface area contributed by atoms with E-state index in [0.717, 1.165) is 61.3 Å². The van der Waals surface area contributed by atoms with E-state index < -0.39 is 0 Å². The van der Waals surface area contributed by atoms with Crippen LogP contribution in [0, 0.1) is 6.92 Å². The number of carbonyl (C=O) groups excluding carboxylic acids is 1. The standard InChI is InChI=1S/C23H25N5O2/c1-15-2-3-17(23(29)26-19-4-5-19)10-20(15)18-11-25-28(14-18)22-13-24-12-21(27-22)16-6-8-30-9-7-16/h2-3,10-14,16,19H,4-9H2,1H3,(H,26,29). The molecule has 0 unspecified atom stereocenters. The third kappa shape index (κ3) is 3.98. The molecule has 2 fully saturated rings. The number of nitrogens with zero attached hydrogens (tertiary/aromatic N) is 4. The molecule has 0 bridgehead atoms. The van der Waals surface area contributed by atoms with E-state index in [0.29, 0.717) is 23.3 Å². The number of carbonyl (C=O) groups is 1. The van der Waals surface area contributed by atoms with Crippen molar-refractivity contribution in [1.82, 2.24) is 25.1 Å². The summed E-state index contributed by atoms with van der Waals surface area (Å²) < 4.78 is 7.21. The lowest BCUT2D eigenvalue weighted by Gasteiger charge is -2.21. The van der Waals surface area contributed by atoms with E-state index in [1.54, 1.807) is 10.9 Å². The Bertz CT molecular complexity index is 1070. The highest BCUT2D eigenvalue weighted by molar-refractivity contribution is 5.96. The minimum Gasteiger partial charge on any atom is -0.381 e. The van der Waals surface area contributed by atoms with Crippen molar-refractivity contribution in [2.75, 3.05) is 13.2 Å². The van der Waals surface area contributed by atoms with Gasteiger partial charge in [-0.15, -0.1) is 0 Å². The SMILES string of the molecule is Cc1ccc(C(=O)NC2CC2)cc1-c1cnn(-c2cncc(C3CCOCC3)n2)c1. The number of aromatic nitrogens is 4. The second-order valence-corrected chi connectivity index (χ2v) is 8.14. The van der Waals surface area contributed by atoms with E-state index in [-0.39, 0.29) is 5.91 Å². The largest absolute Gasteiger partial charge is 0.381 e. The van der Waals surface area contributed by atoms with Crippen LogP contribution in [0.25, 0.3) is 16.9 Å². The van der Waals surface area contributed by atoms with E-state index in [1.807, 2.05) is 43.7 Å². The van der Waals surface area contributed by atoms with Crippen molar-refractivity contribution in [2.45, 2.75) is 44.6 Å². The molecule has 7 nitrogen and oxygen atoms in total. The van der Waals surface area contributed by atoms with Crippen LogP contribution in [0.3, 0.4) is 0 Å². The van der Waals surface area contributed by atoms with Gasteiger partial charge in [0.25, 0.3) is 5.91 Å². The third-order valence-corrected chi connectivity index (χ3v) is 5.82. The maximum Gasteiger partial charge on any atom is 0.251 e. The molecule has 3 heterocycles. The van der Waals surface area contributed by atoms with Crippen LogP contribution in [-0.2, 0) is 4.74 Å². The Kier molecular flexibility index (Phi) is 5.04. The molecule has 2 aliphatic rings. The zero-order chi connectivity index (χ0) is 20.5. The summed E-state index contributed by atoms with van der Waals surface area (Å²) in [6.45, 7) is 3.58. The molecular weight excluding hydrogens is 378 g/mol. The highest BCUT2D eigenvalue weighted by Gasteiger charge is 2.24. The molecule has 2 aromatic heterocycles. The second-order valence-electron chi connectivity index (χ2n) is 8.14. The van der Waals surface area contributed by atoms with Crippen LogP contribution in [0.15, 0.2) is 43.0 Å². The monoisotopic (exact) mass is 403 g/mol. The summed E-state index contributed by atoms with van der Waals surface area (Å²) in [5.74, 6) is 1.07. The molecule has 5 rings (SSSR count).